The van der Waals surface area contributed by atoms with E-state index < -0.39 is 17.2 Å². The lowest BCUT2D eigenvalue weighted by Crippen LogP contribution is -2.24. The first-order chi connectivity index (χ1) is 13.7. The summed E-state index contributed by atoms with van der Waals surface area (Å²) in [6.45, 7) is 3.56. The van der Waals surface area contributed by atoms with Crippen LogP contribution in [-0.2, 0) is 18.7 Å². The third kappa shape index (κ3) is 3.63. The highest BCUT2D eigenvalue weighted by atomic mass is 19.1. The smallest absolute Gasteiger partial charge is 0.256 e. The number of aromatic nitrogens is 1. The molecule has 0 unspecified atom stereocenters. The molecule has 1 aliphatic rings. The normalized spacial score (nSPS) is 13.7. The maximum absolute atomic E-state index is 14.8. The SMILES string of the molecule is CC(C)(O)c1ccc(-c2cc(F)c(CN3Cc4ncccc4C3=O)cc2F)cc1. The highest BCUT2D eigenvalue weighted by Gasteiger charge is 2.29. The van der Waals surface area contributed by atoms with Crippen LogP contribution in [0.4, 0.5) is 8.78 Å². The Labute approximate surface area is 167 Å². The Morgan fingerprint density at radius 1 is 1.07 bits per heavy atom. The molecule has 0 saturated heterocycles. The standard InChI is InChI=1S/C23H20F2N2O2/c1-23(2,29)16-7-5-14(6-8-16)18-11-19(24)15(10-20(18)25)12-27-13-21-17(22(27)28)4-3-9-26-21/h3-11,29H,12-13H2,1-2H3. The van der Waals surface area contributed by atoms with E-state index in [0.29, 0.717) is 22.4 Å². The van der Waals surface area contributed by atoms with Crippen LogP contribution in [-0.4, -0.2) is 20.9 Å². The van der Waals surface area contributed by atoms with Crippen molar-refractivity contribution in [2.75, 3.05) is 0 Å². The third-order valence-corrected chi connectivity index (χ3v) is 5.15. The Hall–Kier alpha value is -3.12. The van der Waals surface area contributed by atoms with E-state index in [2.05, 4.69) is 4.98 Å². The second kappa shape index (κ2) is 7.04. The van der Waals surface area contributed by atoms with Crippen LogP contribution in [0.2, 0.25) is 0 Å². The van der Waals surface area contributed by atoms with Gasteiger partial charge in [-0.2, -0.15) is 0 Å². The van der Waals surface area contributed by atoms with E-state index >= 15 is 0 Å². The molecule has 0 saturated carbocycles. The number of hydrogen-bond donors (Lipinski definition) is 1. The number of halogens is 2. The minimum atomic E-state index is -1.01. The Morgan fingerprint density at radius 3 is 2.45 bits per heavy atom. The molecule has 0 aliphatic carbocycles. The van der Waals surface area contributed by atoms with Gasteiger partial charge < -0.3 is 10.0 Å². The number of nitrogens with zero attached hydrogens (tertiary/aromatic N) is 2. The second-order valence-electron chi connectivity index (χ2n) is 7.72. The number of carbonyl (C=O) groups is 1. The highest BCUT2D eigenvalue weighted by molar-refractivity contribution is 5.97. The summed E-state index contributed by atoms with van der Waals surface area (Å²) in [7, 11) is 0. The summed E-state index contributed by atoms with van der Waals surface area (Å²) in [5, 5.41) is 10.0. The number of aliphatic hydroxyl groups is 1. The van der Waals surface area contributed by atoms with Gasteiger partial charge in [-0.05, 0) is 49.2 Å². The average Bonchev–Trinajstić information content (AvgIpc) is 3.00. The molecule has 3 aromatic rings. The number of pyridine rings is 1. The lowest BCUT2D eigenvalue weighted by Gasteiger charge is -2.18. The molecule has 2 heterocycles. The first-order valence-electron chi connectivity index (χ1n) is 9.28. The average molecular weight is 394 g/mol. The van der Waals surface area contributed by atoms with Gasteiger partial charge in [0.15, 0.2) is 0 Å². The van der Waals surface area contributed by atoms with Crippen molar-refractivity contribution in [2.24, 2.45) is 0 Å². The Balaban J connectivity index is 1.59. The molecule has 0 fully saturated rings. The van der Waals surface area contributed by atoms with Gasteiger partial charge in [-0.15, -0.1) is 0 Å². The van der Waals surface area contributed by atoms with Gasteiger partial charge in [-0.3, -0.25) is 9.78 Å². The van der Waals surface area contributed by atoms with E-state index in [1.807, 2.05) is 0 Å². The van der Waals surface area contributed by atoms with Crippen LogP contribution in [0.1, 0.15) is 41.0 Å². The lowest BCUT2D eigenvalue weighted by molar-refractivity contribution is 0.0763. The number of amides is 1. The van der Waals surface area contributed by atoms with E-state index in [0.717, 1.165) is 12.1 Å². The van der Waals surface area contributed by atoms with Crippen LogP contribution in [0.25, 0.3) is 11.1 Å². The fraction of sp³-hybridized carbons (Fsp3) is 0.217. The zero-order valence-corrected chi connectivity index (χ0v) is 16.1. The van der Waals surface area contributed by atoms with Crippen molar-refractivity contribution in [1.82, 2.24) is 9.88 Å². The first kappa shape index (κ1) is 19.2. The topological polar surface area (TPSA) is 53.4 Å². The molecule has 4 nitrogen and oxygen atoms in total. The summed E-state index contributed by atoms with van der Waals surface area (Å²) < 4.78 is 29.5. The minimum Gasteiger partial charge on any atom is -0.386 e. The van der Waals surface area contributed by atoms with Crippen LogP contribution >= 0.6 is 0 Å². The summed E-state index contributed by atoms with van der Waals surface area (Å²) in [6.07, 6.45) is 1.61. The van der Waals surface area contributed by atoms with Crippen LogP contribution in [0.15, 0.2) is 54.7 Å². The highest BCUT2D eigenvalue weighted by Crippen LogP contribution is 2.30. The third-order valence-electron chi connectivity index (χ3n) is 5.15. The maximum Gasteiger partial charge on any atom is 0.256 e. The van der Waals surface area contributed by atoms with Crippen molar-refractivity contribution in [3.05, 3.63) is 88.7 Å². The summed E-state index contributed by atoms with van der Waals surface area (Å²) in [4.78, 5) is 18.1. The van der Waals surface area contributed by atoms with Crippen molar-refractivity contribution in [2.45, 2.75) is 32.5 Å². The first-order valence-corrected chi connectivity index (χ1v) is 9.28. The Bertz CT molecular complexity index is 1090. The molecule has 0 spiro atoms. The van der Waals surface area contributed by atoms with Crippen LogP contribution in [0.5, 0.6) is 0 Å². The summed E-state index contributed by atoms with van der Waals surface area (Å²) in [5.41, 5.74) is 1.56. The molecule has 0 radical (unpaired) electrons. The molecule has 4 rings (SSSR count). The van der Waals surface area contributed by atoms with Crippen molar-refractivity contribution < 1.29 is 18.7 Å². The maximum atomic E-state index is 14.8. The molecule has 1 aliphatic heterocycles. The molecule has 2 aromatic carbocycles. The van der Waals surface area contributed by atoms with Crippen molar-refractivity contribution in [3.63, 3.8) is 0 Å². The molecule has 148 valence electrons. The fourth-order valence-electron chi connectivity index (χ4n) is 3.50. The Kier molecular flexibility index (Phi) is 4.67. The van der Waals surface area contributed by atoms with Crippen molar-refractivity contribution in [1.29, 1.82) is 0 Å². The molecule has 1 aromatic heterocycles. The van der Waals surface area contributed by atoms with E-state index in [9.17, 15) is 18.7 Å². The van der Waals surface area contributed by atoms with Gasteiger partial charge in [0, 0.05) is 23.9 Å². The summed E-state index contributed by atoms with van der Waals surface area (Å²) >= 11 is 0. The van der Waals surface area contributed by atoms with Crippen molar-refractivity contribution >= 4 is 5.91 Å². The van der Waals surface area contributed by atoms with Crippen LogP contribution < -0.4 is 0 Å². The second-order valence-corrected chi connectivity index (χ2v) is 7.72. The molecule has 1 N–H and O–H groups in total. The number of rotatable bonds is 4. The molecule has 6 heteroatoms. The fourth-order valence-corrected chi connectivity index (χ4v) is 3.50. The van der Waals surface area contributed by atoms with E-state index in [4.69, 9.17) is 0 Å². The van der Waals surface area contributed by atoms with Gasteiger partial charge in [0.05, 0.1) is 23.4 Å². The largest absolute Gasteiger partial charge is 0.386 e. The quantitative estimate of drug-likeness (QED) is 0.713. The van der Waals surface area contributed by atoms with Gasteiger partial charge in [-0.1, -0.05) is 24.3 Å². The van der Waals surface area contributed by atoms with Gasteiger partial charge >= 0.3 is 0 Å². The van der Waals surface area contributed by atoms with Crippen LogP contribution in [0.3, 0.4) is 0 Å². The number of carbonyl (C=O) groups excluding carboxylic acids is 1. The Morgan fingerprint density at radius 2 is 1.79 bits per heavy atom. The van der Waals surface area contributed by atoms with Gasteiger partial charge in [0.25, 0.3) is 5.91 Å². The molecule has 0 bridgehead atoms. The van der Waals surface area contributed by atoms with Gasteiger partial charge in [-0.25, -0.2) is 8.78 Å². The monoisotopic (exact) mass is 394 g/mol. The molecule has 1 amide bonds. The number of hydrogen-bond acceptors (Lipinski definition) is 3. The number of benzene rings is 2. The molecular formula is C23H20F2N2O2. The van der Waals surface area contributed by atoms with Crippen molar-refractivity contribution in [3.8, 4) is 11.1 Å². The van der Waals surface area contributed by atoms with E-state index in [1.165, 1.54) is 4.90 Å². The van der Waals surface area contributed by atoms with Gasteiger partial charge in [0.1, 0.15) is 11.6 Å². The predicted octanol–water partition coefficient (Wildman–Crippen LogP) is 4.41. The zero-order chi connectivity index (χ0) is 20.8. The van der Waals surface area contributed by atoms with E-state index in [-0.39, 0.29) is 30.1 Å². The van der Waals surface area contributed by atoms with Crippen LogP contribution in [0, 0.1) is 11.6 Å². The molecule has 0 atom stereocenters. The predicted molar refractivity (Wildman–Crippen MR) is 105 cm³/mol. The minimum absolute atomic E-state index is 0.0319. The zero-order valence-electron chi connectivity index (χ0n) is 16.1. The molecular weight excluding hydrogens is 374 g/mol. The molecule has 29 heavy (non-hydrogen) atoms. The van der Waals surface area contributed by atoms with Gasteiger partial charge in [0.2, 0.25) is 0 Å². The van der Waals surface area contributed by atoms with E-state index in [1.54, 1.807) is 56.4 Å². The summed E-state index contributed by atoms with van der Waals surface area (Å²) in [6, 6.07) is 12.3. The number of fused-ring (bicyclic) bond motifs is 1. The summed E-state index contributed by atoms with van der Waals surface area (Å²) in [5.74, 6) is -1.39. The lowest BCUT2D eigenvalue weighted by atomic mass is 9.95.